The van der Waals surface area contributed by atoms with Crippen molar-refractivity contribution >= 4 is 23.1 Å². The number of hydrogen-bond donors (Lipinski definition) is 1. The van der Waals surface area contributed by atoms with E-state index in [0.29, 0.717) is 5.92 Å². The average molecular weight is 214 g/mol. The summed E-state index contributed by atoms with van der Waals surface area (Å²) in [7, 11) is 0. The Morgan fingerprint density at radius 2 is 2.14 bits per heavy atom. The second-order valence-corrected chi connectivity index (χ2v) is 4.75. The summed E-state index contributed by atoms with van der Waals surface area (Å²) in [6, 6.07) is 0.248. The Hall–Kier alpha value is -0.640. The Balaban J connectivity index is 2.47. The molecular weight excluding hydrogens is 196 g/mol. The summed E-state index contributed by atoms with van der Waals surface area (Å²) in [5.41, 5.74) is 5.36. The molecule has 14 heavy (non-hydrogen) atoms. The van der Waals surface area contributed by atoms with Crippen LogP contribution in [0.4, 0.5) is 0 Å². The molecule has 2 N–H and O–H groups in total. The highest BCUT2D eigenvalue weighted by molar-refractivity contribution is 7.80. The fourth-order valence-corrected chi connectivity index (χ4v) is 1.55. The van der Waals surface area contributed by atoms with Crippen LogP contribution < -0.4 is 5.73 Å². The van der Waals surface area contributed by atoms with Gasteiger partial charge in [0.15, 0.2) is 0 Å². The highest BCUT2D eigenvalue weighted by Gasteiger charge is 2.28. The molecule has 0 heterocycles. The van der Waals surface area contributed by atoms with E-state index in [1.807, 2.05) is 18.7 Å². The molecule has 1 fully saturated rings. The summed E-state index contributed by atoms with van der Waals surface area (Å²) in [5.74, 6) is 0.784. The molecule has 0 atom stereocenters. The molecule has 0 aromatic carbocycles. The lowest BCUT2D eigenvalue weighted by molar-refractivity contribution is -0.131. The van der Waals surface area contributed by atoms with Gasteiger partial charge in [-0.15, -0.1) is 0 Å². The van der Waals surface area contributed by atoms with Crippen LogP contribution >= 0.6 is 12.2 Å². The van der Waals surface area contributed by atoms with Crippen LogP contribution in [0.3, 0.4) is 0 Å². The first-order valence-electron chi connectivity index (χ1n) is 5.08. The molecule has 80 valence electrons. The van der Waals surface area contributed by atoms with E-state index >= 15 is 0 Å². The van der Waals surface area contributed by atoms with Crippen LogP contribution in [0.15, 0.2) is 0 Å². The first-order chi connectivity index (χ1) is 6.50. The molecule has 1 aliphatic carbocycles. The SMILES string of the molecule is CC(C)N(CC1CC1)C(=O)CC(N)=S. The normalized spacial score (nSPS) is 15.6. The van der Waals surface area contributed by atoms with E-state index in [2.05, 4.69) is 0 Å². The Bertz CT molecular complexity index is 236. The molecular formula is C10H18N2OS. The number of nitrogens with two attached hydrogens (primary N) is 1. The van der Waals surface area contributed by atoms with Crippen molar-refractivity contribution < 1.29 is 4.79 Å². The summed E-state index contributed by atoms with van der Waals surface area (Å²) in [6.45, 7) is 4.93. The van der Waals surface area contributed by atoms with Gasteiger partial charge in [-0.3, -0.25) is 4.79 Å². The first-order valence-corrected chi connectivity index (χ1v) is 5.49. The molecule has 0 aliphatic heterocycles. The zero-order valence-corrected chi connectivity index (χ0v) is 9.64. The van der Waals surface area contributed by atoms with E-state index in [4.69, 9.17) is 18.0 Å². The van der Waals surface area contributed by atoms with E-state index in [0.717, 1.165) is 6.54 Å². The van der Waals surface area contributed by atoms with E-state index < -0.39 is 0 Å². The molecule has 0 bridgehead atoms. The number of rotatable bonds is 5. The van der Waals surface area contributed by atoms with Crippen molar-refractivity contribution in [2.45, 2.75) is 39.2 Å². The molecule has 1 aliphatic rings. The monoisotopic (exact) mass is 214 g/mol. The number of nitrogens with zero attached hydrogens (tertiary/aromatic N) is 1. The van der Waals surface area contributed by atoms with Crippen LogP contribution in [-0.4, -0.2) is 28.4 Å². The lowest BCUT2D eigenvalue weighted by Gasteiger charge is -2.26. The van der Waals surface area contributed by atoms with Crippen molar-refractivity contribution in [1.82, 2.24) is 4.90 Å². The van der Waals surface area contributed by atoms with Gasteiger partial charge in [-0.25, -0.2) is 0 Å². The Kier molecular flexibility index (Phi) is 3.86. The third kappa shape index (κ3) is 3.62. The van der Waals surface area contributed by atoms with Gasteiger partial charge in [-0.2, -0.15) is 0 Å². The van der Waals surface area contributed by atoms with Gasteiger partial charge in [0, 0.05) is 12.6 Å². The summed E-state index contributed by atoms with van der Waals surface area (Å²) < 4.78 is 0. The fraction of sp³-hybridized carbons (Fsp3) is 0.800. The smallest absolute Gasteiger partial charge is 0.229 e. The maximum Gasteiger partial charge on any atom is 0.229 e. The van der Waals surface area contributed by atoms with Gasteiger partial charge in [-0.1, -0.05) is 12.2 Å². The van der Waals surface area contributed by atoms with Crippen molar-refractivity contribution in [2.75, 3.05) is 6.54 Å². The van der Waals surface area contributed by atoms with Gasteiger partial charge < -0.3 is 10.6 Å². The summed E-state index contributed by atoms with van der Waals surface area (Å²) in [6.07, 6.45) is 2.72. The van der Waals surface area contributed by atoms with Crippen molar-refractivity contribution in [3.63, 3.8) is 0 Å². The molecule has 0 aromatic rings. The minimum atomic E-state index is 0.0689. The zero-order valence-electron chi connectivity index (χ0n) is 8.82. The number of carbonyl (C=O) groups is 1. The van der Waals surface area contributed by atoms with Crippen LogP contribution in [0.25, 0.3) is 0 Å². The van der Waals surface area contributed by atoms with Crippen LogP contribution in [0.2, 0.25) is 0 Å². The molecule has 4 heteroatoms. The van der Waals surface area contributed by atoms with Gasteiger partial charge in [0.1, 0.15) is 0 Å². The number of hydrogen-bond acceptors (Lipinski definition) is 2. The van der Waals surface area contributed by atoms with Crippen molar-refractivity contribution in [1.29, 1.82) is 0 Å². The Labute approximate surface area is 90.6 Å². The topological polar surface area (TPSA) is 46.3 Å². The highest BCUT2D eigenvalue weighted by Crippen LogP contribution is 2.30. The molecule has 1 saturated carbocycles. The molecule has 0 spiro atoms. The average Bonchev–Trinajstić information content (AvgIpc) is 2.80. The minimum Gasteiger partial charge on any atom is -0.393 e. The minimum absolute atomic E-state index is 0.0689. The van der Waals surface area contributed by atoms with Gasteiger partial charge in [-0.05, 0) is 32.6 Å². The molecule has 0 saturated heterocycles. The van der Waals surface area contributed by atoms with Crippen LogP contribution in [-0.2, 0) is 4.79 Å². The fourth-order valence-electron chi connectivity index (χ4n) is 1.43. The van der Waals surface area contributed by atoms with Crippen LogP contribution in [0, 0.1) is 5.92 Å². The summed E-state index contributed by atoms with van der Waals surface area (Å²) in [4.78, 5) is 13.9. The standard InChI is InChI=1S/C10H18N2OS/c1-7(2)12(6-8-3-4-8)10(13)5-9(11)14/h7-8H,3-6H2,1-2H3,(H2,11,14). The predicted octanol–water partition coefficient (Wildman–Crippen LogP) is 1.31. The van der Waals surface area contributed by atoms with Crippen LogP contribution in [0.5, 0.6) is 0 Å². The van der Waals surface area contributed by atoms with E-state index in [1.165, 1.54) is 12.8 Å². The molecule has 0 aromatic heterocycles. The maximum atomic E-state index is 11.7. The van der Waals surface area contributed by atoms with Crippen molar-refractivity contribution in [3.8, 4) is 0 Å². The molecule has 3 nitrogen and oxygen atoms in total. The summed E-state index contributed by atoms with van der Waals surface area (Å²) in [5, 5.41) is 0. The Morgan fingerprint density at radius 1 is 1.57 bits per heavy atom. The number of amides is 1. The van der Waals surface area contributed by atoms with Gasteiger partial charge >= 0.3 is 0 Å². The first kappa shape index (κ1) is 11.4. The third-order valence-electron chi connectivity index (χ3n) is 2.42. The number of carbonyl (C=O) groups excluding carboxylic acids is 1. The third-order valence-corrected chi connectivity index (χ3v) is 2.57. The van der Waals surface area contributed by atoms with Gasteiger partial charge in [0.05, 0.1) is 11.4 Å². The Morgan fingerprint density at radius 3 is 2.50 bits per heavy atom. The van der Waals surface area contributed by atoms with Crippen molar-refractivity contribution in [3.05, 3.63) is 0 Å². The second-order valence-electron chi connectivity index (χ2n) is 4.23. The maximum absolute atomic E-state index is 11.7. The van der Waals surface area contributed by atoms with E-state index in [-0.39, 0.29) is 23.4 Å². The number of thiocarbonyl (C=S) groups is 1. The van der Waals surface area contributed by atoms with Gasteiger partial charge in [0.2, 0.25) is 5.91 Å². The van der Waals surface area contributed by atoms with Crippen LogP contribution in [0.1, 0.15) is 33.1 Å². The quantitative estimate of drug-likeness (QED) is 0.702. The molecule has 0 unspecified atom stereocenters. The summed E-state index contributed by atoms with van der Waals surface area (Å²) >= 11 is 4.74. The van der Waals surface area contributed by atoms with E-state index in [9.17, 15) is 4.79 Å². The molecule has 0 radical (unpaired) electrons. The lowest BCUT2D eigenvalue weighted by Crippen LogP contribution is -2.40. The van der Waals surface area contributed by atoms with Gasteiger partial charge in [0.25, 0.3) is 0 Å². The van der Waals surface area contributed by atoms with E-state index in [1.54, 1.807) is 0 Å². The molecule has 1 rings (SSSR count). The highest BCUT2D eigenvalue weighted by atomic mass is 32.1. The molecule has 1 amide bonds. The lowest BCUT2D eigenvalue weighted by atomic mass is 10.2. The van der Waals surface area contributed by atoms with Crippen molar-refractivity contribution in [2.24, 2.45) is 11.7 Å². The largest absolute Gasteiger partial charge is 0.393 e. The second kappa shape index (κ2) is 4.73. The zero-order chi connectivity index (χ0) is 10.7. The predicted molar refractivity (Wildman–Crippen MR) is 61.0 cm³/mol.